The Morgan fingerprint density at radius 3 is 2.53 bits per heavy atom. The van der Waals surface area contributed by atoms with E-state index in [1.165, 1.54) is 44.3 Å². The molecule has 0 radical (unpaired) electrons. The number of nitrogens with zero attached hydrogens (tertiary/aromatic N) is 1. The number of hydrogen-bond donors (Lipinski definition) is 1. The number of carbonyl (C=O) groups excluding carboxylic acids is 1. The van der Waals surface area contributed by atoms with Gasteiger partial charge in [0.1, 0.15) is 0 Å². The standard InChI is InChI=1S/C14H20N2O/c15-14(17)13-7-5-6-12(10-13)11-16-8-3-1-2-4-9-16/h5-7,10H,1-4,8-9,11H2,(H2,15,17). The molecule has 0 atom stereocenters. The smallest absolute Gasteiger partial charge is 0.248 e. The van der Waals surface area contributed by atoms with Gasteiger partial charge in [0.25, 0.3) is 0 Å². The lowest BCUT2D eigenvalue weighted by Crippen LogP contribution is -2.24. The lowest BCUT2D eigenvalue weighted by Gasteiger charge is -2.19. The molecule has 1 fully saturated rings. The molecule has 17 heavy (non-hydrogen) atoms. The van der Waals surface area contributed by atoms with Gasteiger partial charge in [0.15, 0.2) is 0 Å². The molecule has 0 spiro atoms. The lowest BCUT2D eigenvalue weighted by molar-refractivity contribution is 0.1000. The van der Waals surface area contributed by atoms with E-state index in [0.29, 0.717) is 5.56 Å². The second-order valence-electron chi connectivity index (χ2n) is 4.75. The van der Waals surface area contributed by atoms with Crippen LogP contribution in [0, 0.1) is 0 Å². The van der Waals surface area contributed by atoms with Crippen molar-refractivity contribution in [3.63, 3.8) is 0 Å². The number of nitrogens with two attached hydrogens (primary N) is 1. The maximum atomic E-state index is 11.1. The molecule has 3 nitrogen and oxygen atoms in total. The number of likely N-dealkylation sites (tertiary alicyclic amines) is 1. The zero-order valence-electron chi connectivity index (χ0n) is 10.2. The van der Waals surface area contributed by atoms with Crippen molar-refractivity contribution in [2.45, 2.75) is 32.2 Å². The van der Waals surface area contributed by atoms with E-state index in [1.807, 2.05) is 12.1 Å². The van der Waals surface area contributed by atoms with Crippen LogP contribution in [0.4, 0.5) is 0 Å². The molecule has 1 aliphatic rings. The maximum Gasteiger partial charge on any atom is 0.248 e. The predicted octanol–water partition coefficient (Wildman–Crippen LogP) is 2.16. The van der Waals surface area contributed by atoms with Crippen LogP contribution in [0.1, 0.15) is 41.6 Å². The average Bonchev–Trinajstić information content (AvgIpc) is 2.58. The van der Waals surface area contributed by atoms with Gasteiger partial charge in [0.2, 0.25) is 5.91 Å². The van der Waals surface area contributed by atoms with Gasteiger partial charge in [0.05, 0.1) is 0 Å². The molecule has 1 heterocycles. The summed E-state index contributed by atoms with van der Waals surface area (Å²) in [5.74, 6) is -0.345. The van der Waals surface area contributed by atoms with E-state index < -0.39 is 0 Å². The van der Waals surface area contributed by atoms with Gasteiger partial charge in [-0.05, 0) is 43.6 Å². The topological polar surface area (TPSA) is 46.3 Å². The molecular formula is C14H20N2O. The minimum atomic E-state index is -0.345. The molecule has 0 saturated carbocycles. The minimum Gasteiger partial charge on any atom is -0.366 e. The SMILES string of the molecule is NC(=O)c1cccc(CN2CCCCCC2)c1. The van der Waals surface area contributed by atoms with Crippen LogP contribution in [0.3, 0.4) is 0 Å². The van der Waals surface area contributed by atoms with Crippen LogP contribution in [0.25, 0.3) is 0 Å². The normalized spacial score (nSPS) is 17.6. The van der Waals surface area contributed by atoms with Crippen molar-refractivity contribution in [2.24, 2.45) is 5.73 Å². The van der Waals surface area contributed by atoms with Gasteiger partial charge in [-0.2, -0.15) is 0 Å². The van der Waals surface area contributed by atoms with Gasteiger partial charge in [-0.25, -0.2) is 0 Å². The molecule has 92 valence electrons. The Labute approximate surface area is 103 Å². The fourth-order valence-electron chi connectivity index (χ4n) is 2.38. The van der Waals surface area contributed by atoms with Gasteiger partial charge in [0, 0.05) is 12.1 Å². The highest BCUT2D eigenvalue weighted by Gasteiger charge is 2.10. The first kappa shape index (κ1) is 12.1. The van der Waals surface area contributed by atoms with Crippen LogP contribution >= 0.6 is 0 Å². The molecule has 3 heteroatoms. The van der Waals surface area contributed by atoms with Crippen molar-refractivity contribution >= 4 is 5.91 Å². The molecular weight excluding hydrogens is 212 g/mol. The molecule has 1 aromatic carbocycles. The highest BCUT2D eigenvalue weighted by atomic mass is 16.1. The maximum absolute atomic E-state index is 11.1. The third-order valence-electron chi connectivity index (χ3n) is 3.32. The van der Waals surface area contributed by atoms with Gasteiger partial charge in [-0.1, -0.05) is 25.0 Å². The van der Waals surface area contributed by atoms with Gasteiger partial charge >= 0.3 is 0 Å². The Morgan fingerprint density at radius 2 is 1.88 bits per heavy atom. The highest BCUT2D eigenvalue weighted by Crippen LogP contribution is 2.14. The molecule has 1 aliphatic heterocycles. The largest absolute Gasteiger partial charge is 0.366 e. The molecule has 0 bridgehead atoms. The van der Waals surface area contributed by atoms with Gasteiger partial charge < -0.3 is 5.73 Å². The molecule has 2 rings (SSSR count). The van der Waals surface area contributed by atoms with E-state index >= 15 is 0 Å². The number of amides is 1. The van der Waals surface area contributed by atoms with Crippen molar-refractivity contribution in [2.75, 3.05) is 13.1 Å². The van der Waals surface area contributed by atoms with Crippen molar-refractivity contribution in [3.05, 3.63) is 35.4 Å². The van der Waals surface area contributed by atoms with E-state index in [2.05, 4.69) is 11.0 Å². The fourth-order valence-corrected chi connectivity index (χ4v) is 2.38. The van der Waals surface area contributed by atoms with Crippen LogP contribution in [0.15, 0.2) is 24.3 Å². The van der Waals surface area contributed by atoms with Crippen LogP contribution in [0.5, 0.6) is 0 Å². The van der Waals surface area contributed by atoms with Crippen molar-refractivity contribution in [1.29, 1.82) is 0 Å². The van der Waals surface area contributed by atoms with Crippen molar-refractivity contribution < 1.29 is 4.79 Å². The van der Waals surface area contributed by atoms with Crippen LogP contribution in [-0.4, -0.2) is 23.9 Å². The number of primary amides is 1. The Hall–Kier alpha value is -1.35. The second-order valence-corrected chi connectivity index (χ2v) is 4.75. The summed E-state index contributed by atoms with van der Waals surface area (Å²) in [4.78, 5) is 13.6. The monoisotopic (exact) mass is 232 g/mol. The summed E-state index contributed by atoms with van der Waals surface area (Å²) in [5, 5.41) is 0. The number of carbonyl (C=O) groups is 1. The van der Waals surface area contributed by atoms with Crippen LogP contribution in [-0.2, 0) is 6.54 Å². The van der Waals surface area contributed by atoms with E-state index in [1.54, 1.807) is 6.07 Å². The highest BCUT2D eigenvalue weighted by molar-refractivity contribution is 5.92. The summed E-state index contributed by atoms with van der Waals surface area (Å²) >= 11 is 0. The quantitative estimate of drug-likeness (QED) is 0.868. The summed E-state index contributed by atoms with van der Waals surface area (Å²) in [6.45, 7) is 3.27. The van der Waals surface area contributed by atoms with Crippen LogP contribution in [0.2, 0.25) is 0 Å². The summed E-state index contributed by atoms with van der Waals surface area (Å²) in [5.41, 5.74) is 7.08. The zero-order chi connectivity index (χ0) is 12.1. The summed E-state index contributed by atoms with van der Waals surface area (Å²) in [6.07, 6.45) is 5.26. The lowest BCUT2D eigenvalue weighted by atomic mass is 10.1. The Morgan fingerprint density at radius 1 is 1.18 bits per heavy atom. The first-order valence-corrected chi connectivity index (χ1v) is 6.37. The molecule has 2 N–H and O–H groups in total. The molecule has 0 aromatic heterocycles. The van der Waals surface area contributed by atoms with E-state index in [4.69, 9.17) is 5.73 Å². The Kier molecular flexibility index (Phi) is 4.15. The summed E-state index contributed by atoms with van der Waals surface area (Å²) in [7, 11) is 0. The minimum absolute atomic E-state index is 0.345. The predicted molar refractivity (Wildman–Crippen MR) is 68.7 cm³/mol. The third-order valence-corrected chi connectivity index (χ3v) is 3.32. The average molecular weight is 232 g/mol. The van der Waals surface area contributed by atoms with Crippen molar-refractivity contribution in [1.82, 2.24) is 4.90 Å². The van der Waals surface area contributed by atoms with Crippen LogP contribution < -0.4 is 5.73 Å². The molecule has 0 aliphatic carbocycles. The summed E-state index contributed by atoms with van der Waals surface area (Å²) < 4.78 is 0. The summed E-state index contributed by atoms with van der Waals surface area (Å²) in [6, 6.07) is 7.66. The van der Waals surface area contributed by atoms with Gasteiger partial charge in [-0.3, -0.25) is 9.69 Å². The first-order valence-electron chi connectivity index (χ1n) is 6.37. The van der Waals surface area contributed by atoms with Gasteiger partial charge in [-0.15, -0.1) is 0 Å². The number of rotatable bonds is 3. The zero-order valence-corrected chi connectivity index (χ0v) is 10.2. The van der Waals surface area contributed by atoms with E-state index in [0.717, 1.165) is 6.54 Å². The Bertz CT molecular complexity index is 382. The third kappa shape index (κ3) is 3.56. The molecule has 0 unspecified atom stereocenters. The Balaban J connectivity index is 2.01. The molecule has 1 amide bonds. The molecule has 1 aromatic rings. The van der Waals surface area contributed by atoms with Crippen molar-refractivity contribution in [3.8, 4) is 0 Å². The molecule has 1 saturated heterocycles. The second kappa shape index (κ2) is 5.82. The van der Waals surface area contributed by atoms with E-state index in [9.17, 15) is 4.79 Å². The number of benzene rings is 1. The van der Waals surface area contributed by atoms with E-state index in [-0.39, 0.29) is 5.91 Å². The first-order chi connectivity index (χ1) is 8.25. The fraction of sp³-hybridized carbons (Fsp3) is 0.500. The number of hydrogen-bond acceptors (Lipinski definition) is 2.